The van der Waals surface area contributed by atoms with E-state index in [1.807, 2.05) is 6.92 Å². The van der Waals surface area contributed by atoms with Gasteiger partial charge in [-0.15, -0.1) is 0 Å². The van der Waals surface area contributed by atoms with Crippen molar-refractivity contribution in [2.24, 2.45) is 0 Å². The topological polar surface area (TPSA) is 133 Å². The minimum atomic E-state index is -3.34. The second-order valence-corrected chi connectivity index (χ2v) is 11.8. The zero-order valence-corrected chi connectivity index (χ0v) is 26.1. The first-order chi connectivity index (χ1) is 22.6. The average molecular weight is 676 g/mol. The van der Waals surface area contributed by atoms with Gasteiger partial charge in [-0.1, -0.05) is 12.1 Å². The average Bonchev–Trinajstić information content (AvgIpc) is 3.58. The Balaban J connectivity index is 1.35. The predicted octanol–water partition coefficient (Wildman–Crippen LogP) is 5.68. The van der Waals surface area contributed by atoms with E-state index in [1.54, 1.807) is 32.9 Å². The lowest BCUT2D eigenvalue weighted by Crippen LogP contribution is -2.31. The summed E-state index contributed by atoms with van der Waals surface area (Å²) < 4.78 is 80.5. The van der Waals surface area contributed by atoms with Gasteiger partial charge in [-0.2, -0.15) is 22.7 Å². The highest BCUT2D eigenvalue weighted by Gasteiger charge is 2.30. The molecule has 2 heterocycles. The lowest BCUT2D eigenvalue weighted by atomic mass is 9.97. The fraction of sp³-hybridized carbons (Fsp3) is 0.344. The molecule has 0 aliphatic heterocycles. The molecular weight excluding hydrogens is 645 g/mol. The van der Waals surface area contributed by atoms with Gasteiger partial charge in [-0.3, -0.25) is 9.59 Å². The molecule has 2 aromatic carbocycles. The number of ether oxygens (including phenoxy) is 3. The van der Waals surface area contributed by atoms with Crippen LogP contribution in [-0.2, 0) is 17.7 Å². The van der Waals surface area contributed by atoms with E-state index in [0.29, 0.717) is 18.4 Å². The van der Waals surface area contributed by atoms with E-state index in [2.05, 4.69) is 30.2 Å². The summed E-state index contributed by atoms with van der Waals surface area (Å²) >= 11 is 0. The van der Waals surface area contributed by atoms with Gasteiger partial charge in [-0.05, 0) is 81.0 Å². The number of hydrogen-bond acceptors (Lipinski definition) is 8. The highest BCUT2D eigenvalue weighted by atomic mass is 19.3. The van der Waals surface area contributed by atoms with Gasteiger partial charge in [0.15, 0.2) is 23.0 Å². The number of benzene rings is 2. The van der Waals surface area contributed by atoms with Gasteiger partial charge in [0.05, 0.1) is 17.8 Å². The molecule has 1 aliphatic rings. The summed E-state index contributed by atoms with van der Waals surface area (Å²) in [5.41, 5.74) is 1.37. The molecule has 0 bridgehead atoms. The molecule has 254 valence electrons. The Bertz CT molecular complexity index is 1890. The first-order valence-electron chi connectivity index (χ1n) is 14.6. The van der Waals surface area contributed by atoms with E-state index in [9.17, 15) is 36.3 Å². The SMILES string of the molecule is Cc1c(C(=O)OC(C)(C)C)ccc2c1CC[C@@H]2NC(=O)c1cc(C(=O)NCc2ccc(OC(F)F)c(OC(F)F)c2)nc2c(F)cnn12. The van der Waals surface area contributed by atoms with Gasteiger partial charge in [0.25, 0.3) is 11.8 Å². The minimum Gasteiger partial charge on any atom is -0.456 e. The maximum atomic E-state index is 14.6. The number of amides is 2. The Kier molecular flexibility index (Phi) is 9.54. The molecule has 16 heteroatoms. The highest BCUT2D eigenvalue weighted by molar-refractivity contribution is 5.98. The van der Waals surface area contributed by atoms with Crippen LogP contribution in [0.4, 0.5) is 22.0 Å². The molecular formula is C32H30F5N5O6. The van der Waals surface area contributed by atoms with Gasteiger partial charge < -0.3 is 24.8 Å². The molecule has 2 amide bonds. The van der Waals surface area contributed by atoms with Crippen LogP contribution in [-0.4, -0.2) is 51.2 Å². The summed E-state index contributed by atoms with van der Waals surface area (Å²) in [6.07, 6.45) is 1.91. The zero-order valence-electron chi connectivity index (χ0n) is 26.1. The van der Waals surface area contributed by atoms with Gasteiger partial charge in [0, 0.05) is 12.6 Å². The van der Waals surface area contributed by atoms with E-state index in [-0.39, 0.29) is 23.5 Å². The Morgan fingerprint density at radius 3 is 2.40 bits per heavy atom. The van der Waals surface area contributed by atoms with Crippen molar-refractivity contribution in [2.75, 3.05) is 0 Å². The van der Waals surface area contributed by atoms with E-state index in [0.717, 1.165) is 45.6 Å². The molecule has 0 fully saturated rings. The second-order valence-electron chi connectivity index (χ2n) is 11.8. The number of rotatable bonds is 10. The third-order valence-electron chi connectivity index (χ3n) is 7.40. The normalized spacial score (nSPS) is 14.3. The van der Waals surface area contributed by atoms with E-state index < -0.39 is 65.6 Å². The van der Waals surface area contributed by atoms with Gasteiger partial charge in [-0.25, -0.2) is 18.7 Å². The second kappa shape index (κ2) is 13.4. The van der Waals surface area contributed by atoms with E-state index >= 15 is 0 Å². The van der Waals surface area contributed by atoms with Gasteiger partial charge in [0.2, 0.25) is 0 Å². The molecule has 5 rings (SSSR count). The van der Waals surface area contributed by atoms with Crippen LogP contribution in [0, 0.1) is 12.7 Å². The number of nitrogens with zero attached hydrogens (tertiary/aromatic N) is 3. The van der Waals surface area contributed by atoms with Crippen LogP contribution in [0.25, 0.3) is 5.65 Å². The van der Waals surface area contributed by atoms with Crippen LogP contribution in [0.15, 0.2) is 42.6 Å². The molecule has 48 heavy (non-hydrogen) atoms. The minimum absolute atomic E-state index is 0.167. The Labute approximate surface area is 270 Å². The number of carbonyl (C=O) groups is 3. The molecule has 2 aromatic heterocycles. The number of halogens is 5. The summed E-state index contributed by atoms with van der Waals surface area (Å²) in [6, 6.07) is 7.22. The standard InChI is InChI=1S/C32H30F5N5O6/c1-15-17-8-9-21(19(17)7-6-18(15)29(45)48-32(2,3)4)41-28(44)23-12-22(40-26-20(33)14-39-42(23)26)27(43)38-13-16-5-10-24(46-30(34)35)25(11-16)47-31(36)37/h5-7,10-12,14,21,30-31H,8-9,13H2,1-4H3,(H,38,43)(H,41,44)/t21-/m0/s1. The molecule has 0 spiro atoms. The zero-order chi connectivity index (χ0) is 34.9. The maximum Gasteiger partial charge on any atom is 0.387 e. The van der Waals surface area contributed by atoms with Crippen molar-refractivity contribution in [1.82, 2.24) is 25.2 Å². The largest absolute Gasteiger partial charge is 0.456 e. The summed E-state index contributed by atoms with van der Waals surface area (Å²) in [5, 5.41) is 9.24. The number of nitrogens with one attached hydrogen (secondary N) is 2. The van der Waals surface area contributed by atoms with Crippen LogP contribution in [0.3, 0.4) is 0 Å². The van der Waals surface area contributed by atoms with Crippen LogP contribution in [0.2, 0.25) is 0 Å². The van der Waals surface area contributed by atoms with Crippen LogP contribution >= 0.6 is 0 Å². The molecule has 2 N–H and O–H groups in total. The molecule has 4 aromatic rings. The van der Waals surface area contributed by atoms with Crippen molar-refractivity contribution < 1.29 is 50.5 Å². The molecule has 11 nitrogen and oxygen atoms in total. The third kappa shape index (κ3) is 7.47. The van der Waals surface area contributed by atoms with Crippen molar-refractivity contribution in [3.8, 4) is 11.5 Å². The molecule has 0 saturated carbocycles. The van der Waals surface area contributed by atoms with Crippen molar-refractivity contribution in [3.63, 3.8) is 0 Å². The number of hydrogen-bond donors (Lipinski definition) is 2. The number of aromatic nitrogens is 3. The quantitative estimate of drug-likeness (QED) is 0.162. The first kappa shape index (κ1) is 34.1. The van der Waals surface area contributed by atoms with Gasteiger partial charge in [0.1, 0.15) is 17.0 Å². The maximum absolute atomic E-state index is 14.6. The Morgan fingerprint density at radius 1 is 1.00 bits per heavy atom. The summed E-state index contributed by atoms with van der Waals surface area (Å²) in [4.78, 5) is 43.4. The fourth-order valence-corrected chi connectivity index (χ4v) is 5.35. The summed E-state index contributed by atoms with van der Waals surface area (Å²) in [6.45, 7) is 0.185. The number of esters is 1. The number of fused-ring (bicyclic) bond motifs is 2. The van der Waals surface area contributed by atoms with Crippen LogP contribution in [0.5, 0.6) is 11.5 Å². The Morgan fingerprint density at radius 2 is 1.71 bits per heavy atom. The first-order valence-corrected chi connectivity index (χ1v) is 14.6. The summed E-state index contributed by atoms with van der Waals surface area (Å²) in [7, 11) is 0. The molecule has 1 atom stereocenters. The van der Waals surface area contributed by atoms with Crippen molar-refractivity contribution in [3.05, 3.63) is 87.6 Å². The molecule has 1 aliphatic carbocycles. The molecule has 0 radical (unpaired) electrons. The molecule has 0 unspecified atom stereocenters. The van der Waals surface area contributed by atoms with Crippen molar-refractivity contribution >= 4 is 23.4 Å². The Hall–Kier alpha value is -5.28. The van der Waals surface area contributed by atoms with Crippen molar-refractivity contribution in [2.45, 2.75) is 71.9 Å². The fourth-order valence-electron chi connectivity index (χ4n) is 5.35. The van der Waals surface area contributed by atoms with Crippen LogP contribution < -0.4 is 20.1 Å². The lowest BCUT2D eigenvalue weighted by molar-refractivity contribution is -0.0692. The third-order valence-corrected chi connectivity index (χ3v) is 7.40. The lowest BCUT2D eigenvalue weighted by Gasteiger charge is -2.21. The number of alkyl halides is 4. The van der Waals surface area contributed by atoms with E-state index in [4.69, 9.17) is 4.74 Å². The summed E-state index contributed by atoms with van der Waals surface area (Å²) in [5.74, 6) is -4.23. The van der Waals surface area contributed by atoms with Crippen LogP contribution in [0.1, 0.15) is 86.8 Å². The molecule has 0 saturated heterocycles. The number of carbonyl (C=O) groups excluding carboxylic acids is 3. The van der Waals surface area contributed by atoms with Crippen molar-refractivity contribution in [1.29, 1.82) is 0 Å². The predicted molar refractivity (Wildman–Crippen MR) is 159 cm³/mol. The van der Waals surface area contributed by atoms with E-state index in [1.165, 1.54) is 6.07 Å². The highest BCUT2D eigenvalue weighted by Crippen LogP contribution is 2.36. The monoisotopic (exact) mass is 675 g/mol. The van der Waals surface area contributed by atoms with Gasteiger partial charge >= 0.3 is 19.2 Å². The smallest absolute Gasteiger partial charge is 0.387 e.